The minimum Gasteiger partial charge on any atom is -0.508 e. The highest BCUT2D eigenvalue weighted by molar-refractivity contribution is 6.03. The number of hydrogen-bond acceptors (Lipinski definition) is 31. The van der Waals surface area contributed by atoms with Gasteiger partial charge in [0.05, 0.1) is 70.8 Å². The zero-order valence-electron chi connectivity index (χ0n) is 81.1. The second kappa shape index (κ2) is 58.9. The van der Waals surface area contributed by atoms with Gasteiger partial charge in [-0.25, -0.2) is 4.79 Å². The Morgan fingerprint density at radius 3 is 1.38 bits per heavy atom. The summed E-state index contributed by atoms with van der Waals surface area (Å²) in [5.41, 5.74) is 12.4. The van der Waals surface area contributed by atoms with Crippen LogP contribution in [0, 0.1) is 23.7 Å². The van der Waals surface area contributed by atoms with Gasteiger partial charge in [-0.05, 0) is 106 Å². The lowest BCUT2D eigenvalue weighted by Crippen LogP contribution is -2.63. The largest absolute Gasteiger partial charge is 0.508 e. The van der Waals surface area contributed by atoms with Gasteiger partial charge in [0.15, 0.2) is 6.04 Å². The van der Waals surface area contributed by atoms with Gasteiger partial charge in [-0.3, -0.25) is 101 Å². The van der Waals surface area contributed by atoms with Crippen molar-refractivity contribution in [3.63, 3.8) is 0 Å². The van der Waals surface area contributed by atoms with E-state index in [9.17, 15) is 157 Å². The van der Waals surface area contributed by atoms with Crippen molar-refractivity contribution in [2.45, 2.75) is 262 Å². The summed E-state index contributed by atoms with van der Waals surface area (Å²) in [5.74, 6) is -28.2. The standard InChI is InChI=1S/C89H136N22O32/c1-13-42(8)69(108-78(131)56(30-66(124)125)99-82(135)61-19-16-26-111(61)88(141)57(28-47-20-22-49(119)23-21-47)98-64(122)32-93-74(127)51(90)35-112)85(138)101-55(29-48-31-92-52-18-15-14-17-50(48)52)76(129)95-33-63(121)97-53(24-25-62(91)120)75(128)94-34-65(123)105-70(44(10)116)86(139)100-54(27-39(2)3)77(130)106-68(41(6)7)84(137)109-71(45(11)117)87(140)107-67(40(4)5)83(136)104-59(37-114)80(133)103-58(36-113)79(132)96-43(9)73(126)102-60(38-115)81(134)110-72(46(12)118)89(142)143/h14-15,17-18,20-23,31,39-46,51,53-61,67-72,92,112-119H,13,16,19,24-30,32-38,90H2,1-12H3,(H2,91,120)(H,93,127)(H,94,128)(H,95,129)(H,96,132)(H,97,121)(H,98,122)(H,99,135)(H,100,139)(H,101,138)(H,102,126)(H,103,133)(H,104,136)(H,105,123)(H,106,130)(H,107,140)(H,108,131)(H,109,137)(H,110,134)(H,124,125)(H,142,143)/t42-,43-,44+,45+,46+,51-,53-,54-,55-,56-,57-,58-,59-,60-,61-,67-,68-,69-,70-,71-,72-/m0/s1. The van der Waals surface area contributed by atoms with Crippen molar-refractivity contribution in [1.29, 1.82) is 0 Å². The van der Waals surface area contributed by atoms with E-state index in [1.807, 2.05) is 5.32 Å². The van der Waals surface area contributed by atoms with Crippen molar-refractivity contribution < 1.29 is 157 Å². The quantitative estimate of drug-likeness (QED) is 0.0249. The number of aliphatic hydroxyl groups excluding tert-OH is 7. The van der Waals surface area contributed by atoms with Gasteiger partial charge in [0.25, 0.3) is 0 Å². The summed E-state index contributed by atoms with van der Waals surface area (Å²) >= 11 is 0. The number of phenolic OH excluding ortho intramolecular Hbond substituents is 1. The summed E-state index contributed by atoms with van der Waals surface area (Å²) < 4.78 is 0. The van der Waals surface area contributed by atoms with Crippen LogP contribution in [-0.4, -0.2) is 365 Å². The van der Waals surface area contributed by atoms with Gasteiger partial charge in [0.2, 0.25) is 118 Å². The molecular weight excluding hydrogens is 1890 g/mol. The number of para-hydroxylation sites is 1. The van der Waals surface area contributed by atoms with Crippen molar-refractivity contribution in [1.82, 2.24) is 106 Å². The molecule has 54 heteroatoms. The highest BCUT2D eigenvalue weighted by atomic mass is 16.4. The number of aliphatic carboxylic acids is 2. The lowest BCUT2D eigenvalue weighted by Gasteiger charge is -2.31. The van der Waals surface area contributed by atoms with Crippen LogP contribution in [0.2, 0.25) is 0 Å². The number of H-pyrrole nitrogens is 1. The monoisotopic (exact) mass is 2020 g/mol. The van der Waals surface area contributed by atoms with Crippen LogP contribution in [0.3, 0.4) is 0 Å². The van der Waals surface area contributed by atoms with Crippen molar-refractivity contribution >= 4 is 141 Å². The number of carboxylic acids is 2. The van der Waals surface area contributed by atoms with E-state index in [4.69, 9.17) is 11.5 Å². The highest BCUT2D eigenvalue weighted by Gasteiger charge is 2.44. The van der Waals surface area contributed by atoms with Crippen molar-refractivity contribution in [2.24, 2.45) is 35.1 Å². The second-order valence-electron chi connectivity index (χ2n) is 35.6. The van der Waals surface area contributed by atoms with E-state index in [1.54, 1.807) is 45.0 Å². The molecule has 54 nitrogen and oxygen atoms in total. The number of primary amides is 1. The maximum atomic E-state index is 14.7. The number of carbonyl (C=O) groups is 22. The van der Waals surface area contributed by atoms with Gasteiger partial charge < -0.3 is 168 Å². The molecule has 1 saturated heterocycles. The number of aromatic nitrogens is 1. The van der Waals surface area contributed by atoms with Gasteiger partial charge in [-0.2, -0.15) is 0 Å². The highest BCUT2D eigenvalue weighted by Crippen LogP contribution is 2.24. The first-order valence-corrected chi connectivity index (χ1v) is 46.1. The molecule has 2 heterocycles. The molecule has 33 N–H and O–H groups in total. The Kier molecular flexibility index (Phi) is 49.9. The van der Waals surface area contributed by atoms with E-state index < -0.39 is 340 Å². The number of aromatic hydroxyl groups is 1. The summed E-state index contributed by atoms with van der Waals surface area (Å²) in [6.45, 7) is 9.58. The molecule has 0 bridgehead atoms. The summed E-state index contributed by atoms with van der Waals surface area (Å²) in [6, 6.07) is -16.4. The van der Waals surface area contributed by atoms with Gasteiger partial charge in [-0.1, -0.05) is 92.1 Å². The molecule has 0 radical (unpaired) electrons. The van der Waals surface area contributed by atoms with Crippen molar-refractivity contribution in [3.05, 3.63) is 65.9 Å². The molecule has 0 saturated carbocycles. The van der Waals surface area contributed by atoms with Crippen LogP contribution >= 0.6 is 0 Å². The Morgan fingerprint density at radius 2 is 0.860 bits per heavy atom. The number of benzene rings is 2. The van der Waals surface area contributed by atoms with Gasteiger partial charge >= 0.3 is 11.9 Å². The number of carbonyl (C=O) groups excluding carboxylic acids is 20. The van der Waals surface area contributed by atoms with Gasteiger partial charge in [0, 0.05) is 42.9 Å². The molecule has 1 aliphatic rings. The number of fused-ring (bicyclic) bond motifs is 1. The maximum absolute atomic E-state index is 14.7. The van der Waals surface area contributed by atoms with Crippen LogP contribution in [-0.2, 0) is 118 Å². The van der Waals surface area contributed by atoms with Gasteiger partial charge in [-0.15, -0.1) is 0 Å². The number of carboxylic acid groups (broad SMARTS) is 2. The molecule has 0 aliphatic carbocycles. The Balaban J connectivity index is 1.46. The number of hydrogen-bond donors (Lipinski definition) is 31. The fourth-order valence-corrected chi connectivity index (χ4v) is 14.4. The number of nitrogens with one attached hydrogen (secondary N) is 19. The average molecular weight is 2030 g/mol. The zero-order valence-corrected chi connectivity index (χ0v) is 81.1. The van der Waals surface area contributed by atoms with E-state index in [0.29, 0.717) is 22.0 Å². The lowest BCUT2D eigenvalue weighted by atomic mass is 9.96. The molecule has 1 fully saturated rings. The van der Waals surface area contributed by atoms with E-state index in [0.717, 1.165) is 32.6 Å². The van der Waals surface area contributed by atoms with Crippen LogP contribution in [0.5, 0.6) is 5.75 Å². The number of phenols is 1. The third kappa shape index (κ3) is 39.0. The minimum atomic E-state index is -1.93. The molecule has 2 aromatic carbocycles. The van der Waals surface area contributed by atoms with E-state index >= 15 is 0 Å². The Labute approximate surface area is 821 Å². The third-order valence-corrected chi connectivity index (χ3v) is 22.7. The number of aromatic amines is 1. The molecule has 0 spiro atoms. The topological polar surface area (TPSA) is 865 Å². The SMILES string of the molecule is CC[C@H](C)[C@H](NC(=O)[C@H](CC(=O)O)NC(=O)[C@@H]1CCCN1C(=O)[C@H](Cc1ccc(O)cc1)NC(=O)CNC(=O)[C@@H](N)CO)C(=O)N[C@@H](Cc1c[nH]c2ccccc12)C(=O)NCC(=O)N[C@@H](CCC(N)=O)C(=O)NCC(=O)N[C@H](C(=O)N[C@@H](CC(C)C)C(=O)N[C@H](C(=O)N[C@H](C(=O)N[C@H](C(=O)N[C@@H](CO)C(=O)N[C@@H](CO)C(=O)N[C@@H](C)C(=O)N[C@@H](CO)C(=O)N[C@H](C(=O)O)[C@@H](C)O)C(C)C)[C@@H](C)O)C(C)C)[C@@H](C)O. The molecule has 0 unspecified atom stereocenters. The molecular formula is C89H136N22O32. The number of likely N-dealkylation sites (tertiary alicyclic amines) is 1. The molecule has 1 aromatic heterocycles. The van der Waals surface area contributed by atoms with Crippen LogP contribution < -0.4 is 107 Å². The fraction of sp³-hybridized carbons (Fsp3) is 0.596. The fourth-order valence-electron chi connectivity index (χ4n) is 14.4. The molecule has 21 atom stereocenters. The van der Waals surface area contributed by atoms with E-state index in [-0.39, 0.29) is 50.8 Å². The van der Waals surface area contributed by atoms with Gasteiger partial charge in [0.1, 0.15) is 102 Å². The smallest absolute Gasteiger partial charge is 0.328 e. The summed E-state index contributed by atoms with van der Waals surface area (Å²) in [4.78, 5) is 302. The van der Waals surface area contributed by atoms with E-state index in [2.05, 4.69) is 95.4 Å². The maximum Gasteiger partial charge on any atom is 0.328 e. The average Bonchev–Trinajstić information content (AvgIpc) is 1.70. The van der Waals surface area contributed by atoms with Crippen LogP contribution in [0.25, 0.3) is 10.9 Å². The zero-order chi connectivity index (χ0) is 108. The van der Waals surface area contributed by atoms with Crippen molar-refractivity contribution in [2.75, 3.05) is 52.6 Å². The van der Waals surface area contributed by atoms with Crippen LogP contribution in [0.1, 0.15) is 139 Å². The molecule has 3 aromatic rings. The molecule has 4 rings (SSSR count). The Morgan fingerprint density at radius 1 is 0.434 bits per heavy atom. The Hall–Kier alpha value is -14.2. The van der Waals surface area contributed by atoms with Crippen LogP contribution in [0.15, 0.2) is 54.7 Å². The minimum absolute atomic E-state index is 0.0220. The number of nitrogens with two attached hydrogens (primary N) is 2. The normalized spacial score (nSPS) is 16.6. The number of nitrogens with zero attached hydrogens (tertiary/aromatic N) is 1. The molecule has 794 valence electrons. The van der Waals surface area contributed by atoms with Crippen LogP contribution in [0.4, 0.5) is 0 Å². The summed E-state index contributed by atoms with van der Waals surface area (Å²) in [5, 5.41) is 142. The lowest BCUT2D eigenvalue weighted by molar-refractivity contribution is -0.145. The number of amides is 20. The summed E-state index contributed by atoms with van der Waals surface area (Å²) in [6.07, 6.45) is -6.12. The molecule has 1 aliphatic heterocycles. The number of rotatable bonds is 60. The second-order valence-corrected chi connectivity index (χ2v) is 35.6. The molecule has 143 heavy (non-hydrogen) atoms. The van der Waals surface area contributed by atoms with E-state index in [1.165, 1.54) is 65.1 Å². The predicted octanol–water partition coefficient (Wildman–Crippen LogP) is -12.0. The molecule has 20 amide bonds. The summed E-state index contributed by atoms with van der Waals surface area (Å²) in [7, 11) is 0. The first-order chi connectivity index (χ1) is 67.1. The predicted molar refractivity (Wildman–Crippen MR) is 500 cm³/mol. The van der Waals surface area contributed by atoms with Crippen molar-refractivity contribution in [3.8, 4) is 5.75 Å². The third-order valence-electron chi connectivity index (χ3n) is 22.7. The Bertz CT molecular complexity index is 4960. The first-order valence-electron chi connectivity index (χ1n) is 46.1. The first kappa shape index (κ1) is 121. The number of aliphatic hydroxyl groups is 7.